The normalized spacial score (nSPS) is 19.4. The molecule has 2 atom stereocenters. The van der Waals surface area contributed by atoms with Gasteiger partial charge in [-0.3, -0.25) is 4.79 Å². The summed E-state index contributed by atoms with van der Waals surface area (Å²) >= 11 is 1.13. The SMILES string of the molecule is CC(NS(=O)(=O)c1cccs1)C(=O)NCCC1CCNC1.Cl. The molecule has 9 heteroatoms. The minimum Gasteiger partial charge on any atom is -0.355 e. The molecule has 0 spiro atoms. The fourth-order valence-corrected chi connectivity index (χ4v) is 4.49. The first-order valence-corrected chi connectivity index (χ1v) is 9.39. The summed E-state index contributed by atoms with van der Waals surface area (Å²) in [6.45, 7) is 4.17. The highest BCUT2D eigenvalue weighted by atomic mass is 35.5. The summed E-state index contributed by atoms with van der Waals surface area (Å²) in [6, 6.07) is 2.41. The molecule has 0 aromatic carbocycles. The van der Waals surface area contributed by atoms with E-state index >= 15 is 0 Å². The standard InChI is InChI=1S/C13H21N3O3S2.ClH/c1-10(16-21(18,19)12-3-2-8-20-12)13(17)15-7-5-11-4-6-14-9-11;/h2-3,8,10-11,14,16H,4-7,9H2,1H3,(H,15,17);1H. The van der Waals surface area contributed by atoms with Crippen molar-refractivity contribution in [2.45, 2.75) is 30.0 Å². The first kappa shape index (κ1) is 19.4. The minimum absolute atomic E-state index is 0. The van der Waals surface area contributed by atoms with Gasteiger partial charge in [-0.1, -0.05) is 6.07 Å². The second-order valence-corrected chi connectivity index (χ2v) is 8.10. The Kier molecular flexibility index (Phi) is 7.78. The number of carbonyl (C=O) groups excluding carboxylic acids is 1. The Morgan fingerprint density at radius 2 is 2.32 bits per heavy atom. The van der Waals surface area contributed by atoms with E-state index in [0.717, 1.165) is 37.3 Å². The van der Waals surface area contributed by atoms with Gasteiger partial charge < -0.3 is 10.6 Å². The van der Waals surface area contributed by atoms with E-state index in [-0.39, 0.29) is 22.5 Å². The highest BCUT2D eigenvalue weighted by Crippen LogP contribution is 2.15. The number of carbonyl (C=O) groups is 1. The fraction of sp³-hybridized carbons (Fsp3) is 0.615. The lowest BCUT2D eigenvalue weighted by molar-refractivity contribution is -0.122. The monoisotopic (exact) mass is 367 g/mol. The lowest BCUT2D eigenvalue weighted by Gasteiger charge is -2.15. The van der Waals surface area contributed by atoms with Crippen LogP contribution in [0, 0.1) is 5.92 Å². The molecular weight excluding hydrogens is 346 g/mol. The highest BCUT2D eigenvalue weighted by Gasteiger charge is 2.22. The summed E-state index contributed by atoms with van der Waals surface area (Å²) in [4.78, 5) is 11.9. The summed E-state index contributed by atoms with van der Waals surface area (Å²) < 4.78 is 26.6. The van der Waals surface area contributed by atoms with Crippen molar-refractivity contribution in [1.29, 1.82) is 0 Å². The van der Waals surface area contributed by atoms with Crippen molar-refractivity contribution in [2.75, 3.05) is 19.6 Å². The van der Waals surface area contributed by atoms with Crippen LogP contribution in [0.1, 0.15) is 19.8 Å². The van der Waals surface area contributed by atoms with E-state index in [1.807, 2.05) is 0 Å². The van der Waals surface area contributed by atoms with Crippen molar-refractivity contribution in [2.24, 2.45) is 5.92 Å². The van der Waals surface area contributed by atoms with Gasteiger partial charge in [0.15, 0.2) is 0 Å². The van der Waals surface area contributed by atoms with Gasteiger partial charge in [0, 0.05) is 6.54 Å². The van der Waals surface area contributed by atoms with Crippen LogP contribution in [-0.4, -0.2) is 40.0 Å². The number of halogens is 1. The second-order valence-electron chi connectivity index (χ2n) is 5.21. The van der Waals surface area contributed by atoms with Gasteiger partial charge in [-0.05, 0) is 50.2 Å². The molecule has 0 bridgehead atoms. The molecule has 1 aliphatic heterocycles. The van der Waals surface area contributed by atoms with E-state index in [1.54, 1.807) is 18.4 Å². The zero-order valence-corrected chi connectivity index (χ0v) is 14.8. The second kappa shape index (κ2) is 8.83. The van der Waals surface area contributed by atoms with E-state index in [2.05, 4.69) is 15.4 Å². The van der Waals surface area contributed by atoms with Crippen molar-refractivity contribution in [3.8, 4) is 0 Å². The molecule has 2 unspecified atom stereocenters. The van der Waals surface area contributed by atoms with Gasteiger partial charge in [-0.2, -0.15) is 4.72 Å². The fourth-order valence-electron chi connectivity index (χ4n) is 2.27. The maximum absolute atomic E-state index is 12.0. The Morgan fingerprint density at radius 1 is 1.55 bits per heavy atom. The molecule has 1 aliphatic rings. The van der Waals surface area contributed by atoms with Crippen LogP contribution in [0.25, 0.3) is 0 Å². The van der Waals surface area contributed by atoms with Crippen molar-refractivity contribution in [3.63, 3.8) is 0 Å². The third-order valence-corrected chi connectivity index (χ3v) is 6.44. The molecule has 1 amide bonds. The average molecular weight is 368 g/mol. The number of hydrogen-bond donors (Lipinski definition) is 3. The molecule has 22 heavy (non-hydrogen) atoms. The van der Waals surface area contributed by atoms with Gasteiger partial charge in [0.2, 0.25) is 5.91 Å². The number of rotatable bonds is 7. The van der Waals surface area contributed by atoms with Crippen LogP contribution in [0.5, 0.6) is 0 Å². The van der Waals surface area contributed by atoms with Crippen LogP contribution >= 0.6 is 23.7 Å². The van der Waals surface area contributed by atoms with Crippen molar-refractivity contribution < 1.29 is 13.2 Å². The van der Waals surface area contributed by atoms with Gasteiger partial charge in [0.1, 0.15) is 4.21 Å². The lowest BCUT2D eigenvalue weighted by Crippen LogP contribution is -2.45. The first-order chi connectivity index (χ1) is 9.99. The van der Waals surface area contributed by atoms with Gasteiger partial charge in [-0.15, -0.1) is 23.7 Å². The highest BCUT2D eigenvalue weighted by molar-refractivity contribution is 7.91. The molecule has 0 radical (unpaired) electrons. The van der Waals surface area contributed by atoms with Gasteiger partial charge in [0.25, 0.3) is 10.0 Å². The Balaban J connectivity index is 0.00000242. The third kappa shape index (κ3) is 5.51. The molecule has 2 rings (SSSR count). The molecule has 1 aromatic rings. The van der Waals surface area contributed by atoms with E-state index in [9.17, 15) is 13.2 Å². The molecule has 6 nitrogen and oxygen atoms in total. The summed E-state index contributed by atoms with van der Waals surface area (Å²) in [5.41, 5.74) is 0. The molecule has 1 saturated heterocycles. The molecule has 2 heterocycles. The molecular formula is C13H22ClN3O3S2. The number of amides is 1. The maximum Gasteiger partial charge on any atom is 0.250 e. The number of hydrogen-bond acceptors (Lipinski definition) is 5. The molecule has 1 aromatic heterocycles. The van der Waals surface area contributed by atoms with Crippen LogP contribution in [0.4, 0.5) is 0 Å². The molecule has 3 N–H and O–H groups in total. The van der Waals surface area contributed by atoms with Gasteiger partial charge in [0.05, 0.1) is 6.04 Å². The average Bonchev–Trinajstić information content (AvgIpc) is 3.11. The zero-order valence-electron chi connectivity index (χ0n) is 12.4. The minimum atomic E-state index is -3.60. The van der Waals surface area contributed by atoms with E-state index in [0.29, 0.717) is 12.5 Å². The first-order valence-electron chi connectivity index (χ1n) is 7.03. The summed E-state index contributed by atoms with van der Waals surface area (Å²) in [6.07, 6.45) is 2.06. The number of thiophene rings is 1. The topological polar surface area (TPSA) is 87.3 Å². The Labute approximate surface area is 141 Å². The predicted octanol–water partition coefficient (Wildman–Crippen LogP) is 0.952. The maximum atomic E-state index is 12.0. The molecule has 0 saturated carbocycles. The third-order valence-electron chi connectivity index (χ3n) is 3.50. The quantitative estimate of drug-likeness (QED) is 0.669. The van der Waals surface area contributed by atoms with E-state index in [1.165, 1.54) is 6.07 Å². The molecule has 126 valence electrons. The van der Waals surface area contributed by atoms with Crippen molar-refractivity contribution in [3.05, 3.63) is 17.5 Å². The number of nitrogens with one attached hydrogen (secondary N) is 3. The van der Waals surface area contributed by atoms with Gasteiger partial charge >= 0.3 is 0 Å². The van der Waals surface area contributed by atoms with E-state index in [4.69, 9.17) is 0 Å². The van der Waals surface area contributed by atoms with E-state index < -0.39 is 16.1 Å². The number of sulfonamides is 1. The Hall–Kier alpha value is -0.670. The van der Waals surface area contributed by atoms with Crippen molar-refractivity contribution >= 4 is 39.7 Å². The smallest absolute Gasteiger partial charge is 0.250 e. The van der Waals surface area contributed by atoms with Crippen LogP contribution in [0.3, 0.4) is 0 Å². The summed E-state index contributed by atoms with van der Waals surface area (Å²) in [7, 11) is -3.60. The summed E-state index contributed by atoms with van der Waals surface area (Å²) in [5.74, 6) is 0.310. The van der Waals surface area contributed by atoms with Crippen LogP contribution in [-0.2, 0) is 14.8 Å². The van der Waals surface area contributed by atoms with Crippen LogP contribution < -0.4 is 15.4 Å². The Bertz CT molecular complexity index is 557. The predicted molar refractivity (Wildman–Crippen MR) is 90.0 cm³/mol. The lowest BCUT2D eigenvalue weighted by atomic mass is 10.1. The molecule has 0 aliphatic carbocycles. The van der Waals surface area contributed by atoms with Gasteiger partial charge in [-0.25, -0.2) is 8.42 Å². The summed E-state index contributed by atoms with van der Waals surface area (Å²) in [5, 5.41) is 7.75. The van der Waals surface area contributed by atoms with Crippen LogP contribution in [0.2, 0.25) is 0 Å². The Morgan fingerprint density at radius 3 is 2.91 bits per heavy atom. The van der Waals surface area contributed by atoms with Crippen molar-refractivity contribution in [1.82, 2.24) is 15.4 Å². The largest absolute Gasteiger partial charge is 0.355 e. The van der Waals surface area contributed by atoms with Crippen LogP contribution in [0.15, 0.2) is 21.7 Å². The zero-order chi connectivity index (χ0) is 15.3. The molecule has 1 fully saturated rings.